The van der Waals surface area contributed by atoms with Gasteiger partial charge in [-0.25, -0.2) is 9.97 Å². The Morgan fingerprint density at radius 2 is 1.63 bits per heavy atom. The van der Waals surface area contributed by atoms with Gasteiger partial charge < -0.3 is 10.6 Å². The van der Waals surface area contributed by atoms with E-state index in [4.69, 9.17) is 5.26 Å². The molecule has 1 heterocycles. The van der Waals surface area contributed by atoms with Crippen LogP contribution in [0, 0.1) is 11.3 Å². The van der Waals surface area contributed by atoms with Crippen molar-refractivity contribution < 1.29 is 9.59 Å². The number of ketones is 1. The highest BCUT2D eigenvalue weighted by Gasteiger charge is 2.09. The molecule has 0 aliphatic rings. The molecule has 0 atom stereocenters. The van der Waals surface area contributed by atoms with Crippen LogP contribution in [0.2, 0.25) is 0 Å². The van der Waals surface area contributed by atoms with Crippen molar-refractivity contribution in [1.82, 2.24) is 9.97 Å². The van der Waals surface area contributed by atoms with Crippen molar-refractivity contribution in [2.24, 2.45) is 0 Å². The zero-order valence-electron chi connectivity index (χ0n) is 14.4. The Morgan fingerprint density at radius 3 is 2.26 bits per heavy atom. The molecule has 0 unspecified atom stereocenters. The van der Waals surface area contributed by atoms with Crippen molar-refractivity contribution in [1.29, 1.82) is 5.26 Å². The number of para-hydroxylation sites is 1. The monoisotopic (exact) mass is 357 g/mol. The van der Waals surface area contributed by atoms with E-state index in [2.05, 4.69) is 26.7 Å². The summed E-state index contributed by atoms with van der Waals surface area (Å²) in [6.45, 7) is 1.48. The number of nitriles is 1. The summed E-state index contributed by atoms with van der Waals surface area (Å²) in [5.74, 6) is -0.128. The van der Waals surface area contributed by atoms with E-state index in [0.29, 0.717) is 22.5 Å². The number of hydrogen-bond acceptors (Lipinski definition) is 6. The van der Waals surface area contributed by atoms with Crippen LogP contribution in [0.1, 0.15) is 33.2 Å². The molecule has 0 spiro atoms. The highest BCUT2D eigenvalue weighted by Crippen LogP contribution is 2.17. The van der Waals surface area contributed by atoms with Crippen LogP contribution < -0.4 is 10.6 Å². The summed E-state index contributed by atoms with van der Waals surface area (Å²) >= 11 is 0. The highest BCUT2D eigenvalue weighted by molar-refractivity contribution is 6.04. The second kappa shape index (κ2) is 7.89. The van der Waals surface area contributed by atoms with Crippen LogP contribution in [-0.2, 0) is 0 Å². The predicted octanol–water partition coefficient (Wildman–Crippen LogP) is 3.55. The molecule has 0 radical (unpaired) electrons. The summed E-state index contributed by atoms with van der Waals surface area (Å²) in [6.07, 6.45) is 2.78. The topological polar surface area (TPSA) is 108 Å². The second-order valence-electron chi connectivity index (χ2n) is 5.67. The maximum Gasteiger partial charge on any atom is 0.258 e. The van der Waals surface area contributed by atoms with Crippen LogP contribution in [-0.4, -0.2) is 21.7 Å². The van der Waals surface area contributed by atoms with Gasteiger partial charge in [0.15, 0.2) is 5.78 Å². The number of aromatic nitrogens is 2. The molecule has 2 aromatic carbocycles. The summed E-state index contributed by atoms with van der Waals surface area (Å²) in [5.41, 5.74) is 2.48. The molecular formula is C20H15N5O2. The number of nitrogens with one attached hydrogen (secondary N) is 2. The van der Waals surface area contributed by atoms with Crippen molar-refractivity contribution in [3.05, 3.63) is 77.6 Å². The van der Waals surface area contributed by atoms with E-state index in [1.807, 2.05) is 0 Å². The van der Waals surface area contributed by atoms with Gasteiger partial charge >= 0.3 is 0 Å². The minimum Gasteiger partial charge on any atom is -0.323 e. The third-order valence-corrected chi connectivity index (χ3v) is 3.76. The second-order valence-corrected chi connectivity index (χ2v) is 5.67. The minimum atomic E-state index is -0.366. The average molecular weight is 357 g/mol. The molecule has 0 bridgehead atoms. The fourth-order valence-corrected chi connectivity index (χ4v) is 2.31. The minimum absolute atomic E-state index is 0.0395. The largest absolute Gasteiger partial charge is 0.323 e. The molecule has 7 nitrogen and oxygen atoms in total. The normalized spacial score (nSPS) is 9.93. The van der Waals surface area contributed by atoms with E-state index >= 15 is 0 Å². The number of amides is 1. The molecule has 1 aromatic heterocycles. The van der Waals surface area contributed by atoms with E-state index in [1.54, 1.807) is 48.5 Å². The molecule has 132 valence electrons. The molecule has 2 N–H and O–H groups in total. The number of anilines is 3. The van der Waals surface area contributed by atoms with Crippen LogP contribution in [0.15, 0.2) is 60.9 Å². The lowest BCUT2D eigenvalue weighted by Gasteiger charge is -2.08. The molecule has 0 saturated heterocycles. The SMILES string of the molecule is CC(=O)c1ccc(NC(=O)c2cnc(Nc3ccccc3C#N)nc2)cc1. The van der Waals surface area contributed by atoms with Gasteiger partial charge in [-0.2, -0.15) is 5.26 Å². The van der Waals surface area contributed by atoms with E-state index in [-0.39, 0.29) is 23.2 Å². The van der Waals surface area contributed by atoms with Gasteiger partial charge in [0.1, 0.15) is 6.07 Å². The van der Waals surface area contributed by atoms with Gasteiger partial charge in [-0.3, -0.25) is 9.59 Å². The van der Waals surface area contributed by atoms with Crippen LogP contribution in [0.25, 0.3) is 0 Å². The molecule has 0 fully saturated rings. The number of carbonyl (C=O) groups excluding carboxylic acids is 2. The van der Waals surface area contributed by atoms with E-state index < -0.39 is 0 Å². The van der Waals surface area contributed by atoms with Crippen LogP contribution in [0.5, 0.6) is 0 Å². The molecule has 0 aliphatic carbocycles. The molecule has 27 heavy (non-hydrogen) atoms. The number of hydrogen-bond donors (Lipinski definition) is 2. The van der Waals surface area contributed by atoms with Crippen molar-refractivity contribution in [2.45, 2.75) is 6.92 Å². The van der Waals surface area contributed by atoms with Gasteiger partial charge in [-0.1, -0.05) is 12.1 Å². The maximum atomic E-state index is 12.3. The third kappa shape index (κ3) is 4.32. The van der Waals surface area contributed by atoms with Crippen molar-refractivity contribution >= 4 is 29.0 Å². The van der Waals surface area contributed by atoms with Crippen LogP contribution in [0.3, 0.4) is 0 Å². The predicted molar refractivity (Wildman–Crippen MR) is 101 cm³/mol. The van der Waals surface area contributed by atoms with Gasteiger partial charge in [-0.05, 0) is 43.3 Å². The summed E-state index contributed by atoms with van der Waals surface area (Å²) in [7, 11) is 0. The first kappa shape index (κ1) is 17.8. The molecule has 3 aromatic rings. The van der Waals surface area contributed by atoms with Gasteiger partial charge in [-0.15, -0.1) is 0 Å². The van der Waals surface area contributed by atoms with Gasteiger partial charge in [0, 0.05) is 23.6 Å². The van der Waals surface area contributed by atoms with Gasteiger partial charge in [0.2, 0.25) is 5.95 Å². The molecular weight excluding hydrogens is 342 g/mol. The number of benzene rings is 2. The Morgan fingerprint density at radius 1 is 0.963 bits per heavy atom. The smallest absolute Gasteiger partial charge is 0.258 e. The fourth-order valence-electron chi connectivity index (χ4n) is 2.31. The zero-order valence-corrected chi connectivity index (χ0v) is 14.4. The standard InChI is InChI=1S/C20H15N5O2/c1-13(26)14-6-8-17(9-7-14)24-19(27)16-11-22-20(23-12-16)25-18-5-3-2-4-15(18)10-21/h2-9,11-12H,1H3,(H,24,27)(H,22,23,25). The number of carbonyl (C=O) groups is 2. The molecule has 7 heteroatoms. The number of Topliss-reactive ketones (excluding diaryl/α,β-unsaturated/α-hetero) is 1. The van der Waals surface area contributed by atoms with E-state index in [9.17, 15) is 9.59 Å². The zero-order chi connectivity index (χ0) is 19.2. The van der Waals surface area contributed by atoms with Crippen molar-refractivity contribution in [3.63, 3.8) is 0 Å². The van der Waals surface area contributed by atoms with Gasteiger partial charge in [0.25, 0.3) is 5.91 Å². The van der Waals surface area contributed by atoms with Gasteiger partial charge in [0.05, 0.1) is 16.8 Å². The summed E-state index contributed by atoms with van der Waals surface area (Å²) < 4.78 is 0. The maximum absolute atomic E-state index is 12.3. The lowest BCUT2D eigenvalue weighted by molar-refractivity contribution is 0.101. The van der Waals surface area contributed by atoms with E-state index in [0.717, 1.165) is 0 Å². The number of rotatable bonds is 5. The Kier molecular flexibility index (Phi) is 5.19. The summed E-state index contributed by atoms with van der Waals surface area (Å²) in [4.78, 5) is 31.8. The van der Waals surface area contributed by atoms with Crippen LogP contribution in [0.4, 0.5) is 17.3 Å². The Labute approximate surface area is 155 Å². The van der Waals surface area contributed by atoms with E-state index in [1.165, 1.54) is 19.3 Å². The quantitative estimate of drug-likeness (QED) is 0.676. The average Bonchev–Trinajstić information content (AvgIpc) is 2.69. The molecule has 1 amide bonds. The first-order valence-corrected chi connectivity index (χ1v) is 8.07. The molecule has 3 rings (SSSR count). The third-order valence-electron chi connectivity index (χ3n) is 3.76. The Hall–Kier alpha value is -4.05. The lowest BCUT2D eigenvalue weighted by Crippen LogP contribution is -2.13. The number of nitrogens with zero attached hydrogens (tertiary/aromatic N) is 3. The van der Waals surface area contributed by atoms with Crippen molar-refractivity contribution in [3.8, 4) is 6.07 Å². The first-order valence-electron chi connectivity index (χ1n) is 8.07. The Balaban J connectivity index is 1.68. The molecule has 0 aliphatic heterocycles. The lowest BCUT2D eigenvalue weighted by atomic mass is 10.1. The van der Waals surface area contributed by atoms with Crippen LogP contribution >= 0.6 is 0 Å². The Bertz CT molecular complexity index is 1020. The fraction of sp³-hybridized carbons (Fsp3) is 0.0500. The first-order chi connectivity index (χ1) is 13.1. The van der Waals surface area contributed by atoms with Crippen molar-refractivity contribution in [2.75, 3.05) is 10.6 Å². The highest BCUT2D eigenvalue weighted by atomic mass is 16.1. The molecule has 0 saturated carbocycles. The summed E-state index contributed by atoms with van der Waals surface area (Å²) in [6, 6.07) is 15.7. The summed E-state index contributed by atoms with van der Waals surface area (Å²) in [5, 5.41) is 14.8.